The highest BCUT2D eigenvalue weighted by atomic mass is 16.5. The molecular weight excluding hydrogens is 382 g/mol. The molecular formula is C24H27NO5. The summed E-state index contributed by atoms with van der Waals surface area (Å²) in [5.41, 5.74) is 2.35. The second-order valence-corrected chi connectivity index (χ2v) is 7.58. The predicted molar refractivity (Wildman–Crippen MR) is 115 cm³/mol. The van der Waals surface area contributed by atoms with E-state index in [2.05, 4.69) is 4.90 Å². The molecule has 1 aliphatic rings. The lowest BCUT2D eigenvalue weighted by Crippen LogP contribution is -2.33. The van der Waals surface area contributed by atoms with Crippen LogP contribution in [-0.2, 0) is 17.8 Å². The maximum atomic E-state index is 13.0. The fraction of sp³-hybridized carbons (Fsp3) is 0.375. The predicted octanol–water partition coefficient (Wildman–Crippen LogP) is 3.99. The Morgan fingerprint density at radius 2 is 1.90 bits per heavy atom. The van der Waals surface area contributed by atoms with Gasteiger partial charge in [0.15, 0.2) is 16.9 Å². The number of rotatable bonds is 8. The van der Waals surface area contributed by atoms with Gasteiger partial charge in [0.05, 0.1) is 32.0 Å². The van der Waals surface area contributed by atoms with Crippen molar-refractivity contribution in [2.45, 2.75) is 32.0 Å². The Kier molecular flexibility index (Phi) is 6.35. The molecule has 1 atom stereocenters. The van der Waals surface area contributed by atoms with E-state index in [-0.39, 0.29) is 11.5 Å². The topological polar surface area (TPSA) is 61.1 Å². The number of hydrogen-bond donors (Lipinski definition) is 0. The summed E-state index contributed by atoms with van der Waals surface area (Å²) < 4.78 is 22.4. The smallest absolute Gasteiger partial charge is 0.197 e. The summed E-state index contributed by atoms with van der Waals surface area (Å²) in [6.07, 6.45) is 3.88. The van der Waals surface area contributed by atoms with E-state index in [0.29, 0.717) is 41.1 Å². The van der Waals surface area contributed by atoms with E-state index in [4.69, 9.17) is 18.6 Å². The summed E-state index contributed by atoms with van der Waals surface area (Å²) in [5.74, 6) is 1.39. The molecule has 1 unspecified atom stereocenters. The van der Waals surface area contributed by atoms with Gasteiger partial charge in [-0.05, 0) is 42.7 Å². The maximum absolute atomic E-state index is 13.0. The van der Waals surface area contributed by atoms with Crippen LogP contribution in [0.4, 0.5) is 0 Å². The van der Waals surface area contributed by atoms with Crippen LogP contribution in [0.15, 0.2) is 57.9 Å². The number of fused-ring (bicyclic) bond motifs is 1. The van der Waals surface area contributed by atoms with E-state index < -0.39 is 0 Å². The van der Waals surface area contributed by atoms with E-state index in [9.17, 15) is 4.79 Å². The molecule has 6 nitrogen and oxygen atoms in total. The van der Waals surface area contributed by atoms with Crippen LogP contribution in [0, 0.1) is 0 Å². The van der Waals surface area contributed by atoms with E-state index in [1.165, 1.54) is 0 Å². The Balaban J connectivity index is 1.60. The number of benzene rings is 2. The molecule has 1 aliphatic heterocycles. The van der Waals surface area contributed by atoms with Gasteiger partial charge < -0.3 is 18.6 Å². The zero-order valence-corrected chi connectivity index (χ0v) is 17.4. The first-order valence-electron chi connectivity index (χ1n) is 10.2. The molecule has 1 saturated heterocycles. The van der Waals surface area contributed by atoms with Gasteiger partial charge in [0.1, 0.15) is 5.58 Å². The fourth-order valence-electron chi connectivity index (χ4n) is 3.97. The van der Waals surface area contributed by atoms with Crippen LogP contribution in [0.3, 0.4) is 0 Å². The second kappa shape index (κ2) is 9.32. The van der Waals surface area contributed by atoms with Crippen molar-refractivity contribution in [1.82, 2.24) is 4.90 Å². The number of para-hydroxylation sites is 1. The summed E-state index contributed by atoms with van der Waals surface area (Å²) in [7, 11) is 3.26. The van der Waals surface area contributed by atoms with Crippen LogP contribution >= 0.6 is 0 Å². The molecule has 0 spiro atoms. The molecule has 0 bridgehead atoms. The van der Waals surface area contributed by atoms with Gasteiger partial charge in [0.25, 0.3) is 0 Å². The minimum atomic E-state index is 0.0153. The summed E-state index contributed by atoms with van der Waals surface area (Å²) in [6.45, 7) is 2.70. The Labute approximate surface area is 176 Å². The lowest BCUT2D eigenvalue weighted by molar-refractivity contribution is 0.0676. The average Bonchev–Trinajstić information content (AvgIpc) is 3.28. The van der Waals surface area contributed by atoms with Gasteiger partial charge in [0, 0.05) is 31.8 Å². The standard InChI is InChI=1S/C24H27NO5/c1-27-22-10-9-17(12-23(22)28-2)13-25(15-19-6-5-11-29-19)14-18-16-30-21-8-4-3-7-20(21)24(18)26/h3-4,7-10,12,16,19H,5-6,11,13-15H2,1-2H3. The first kappa shape index (κ1) is 20.4. The van der Waals surface area contributed by atoms with Gasteiger partial charge in [-0.3, -0.25) is 9.69 Å². The van der Waals surface area contributed by atoms with Crippen molar-refractivity contribution in [3.05, 3.63) is 70.1 Å². The normalized spacial score (nSPS) is 16.3. The van der Waals surface area contributed by atoms with Crippen LogP contribution in [-0.4, -0.2) is 38.4 Å². The molecule has 0 N–H and O–H groups in total. The zero-order valence-electron chi connectivity index (χ0n) is 17.4. The Morgan fingerprint density at radius 3 is 2.67 bits per heavy atom. The molecule has 0 saturated carbocycles. The van der Waals surface area contributed by atoms with Crippen LogP contribution < -0.4 is 14.9 Å². The van der Waals surface area contributed by atoms with Gasteiger partial charge in [-0.2, -0.15) is 0 Å². The Hall–Kier alpha value is -2.83. The van der Waals surface area contributed by atoms with Crippen LogP contribution in [0.5, 0.6) is 11.5 Å². The highest BCUT2D eigenvalue weighted by Gasteiger charge is 2.21. The number of ether oxygens (including phenoxy) is 3. The minimum Gasteiger partial charge on any atom is -0.493 e. The maximum Gasteiger partial charge on any atom is 0.197 e. The average molecular weight is 409 g/mol. The molecule has 0 amide bonds. The molecule has 158 valence electrons. The molecule has 1 aromatic heterocycles. The molecule has 30 heavy (non-hydrogen) atoms. The van der Waals surface area contributed by atoms with Crippen molar-refractivity contribution < 1.29 is 18.6 Å². The van der Waals surface area contributed by atoms with E-state index in [1.807, 2.05) is 42.5 Å². The fourth-order valence-corrected chi connectivity index (χ4v) is 3.97. The summed E-state index contributed by atoms with van der Waals surface area (Å²) in [4.78, 5) is 15.2. The van der Waals surface area contributed by atoms with Crippen molar-refractivity contribution >= 4 is 11.0 Å². The number of methoxy groups -OCH3 is 2. The van der Waals surface area contributed by atoms with Crippen molar-refractivity contribution in [3.8, 4) is 11.5 Å². The van der Waals surface area contributed by atoms with Gasteiger partial charge in [-0.1, -0.05) is 18.2 Å². The van der Waals surface area contributed by atoms with Crippen LogP contribution in [0.25, 0.3) is 11.0 Å². The van der Waals surface area contributed by atoms with Crippen molar-refractivity contribution in [2.24, 2.45) is 0 Å². The van der Waals surface area contributed by atoms with Crippen molar-refractivity contribution in [3.63, 3.8) is 0 Å². The molecule has 3 aromatic rings. The van der Waals surface area contributed by atoms with Gasteiger partial charge in [-0.25, -0.2) is 0 Å². The molecule has 0 aliphatic carbocycles. The largest absolute Gasteiger partial charge is 0.493 e. The van der Waals surface area contributed by atoms with Crippen molar-refractivity contribution in [1.29, 1.82) is 0 Å². The third-order valence-electron chi connectivity index (χ3n) is 5.49. The third kappa shape index (κ3) is 4.50. The highest BCUT2D eigenvalue weighted by Crippen LogP contribution is 2.28. The molecule has 2 heterocycles. The van der Waals surface area contributed by atoms with Gasteiger partial charge in [-0.15, -0.1) is 0 Å². The number of nitrogens with zero attached hydrogens (tertiary/aromatic N) is 1. The Bertz CT molecular complexity index is 1050. The third-order valence-corrected chi connectivity index (χ3v) is 5.49. The molecule has 0 radical (unpaired) electrons. The van der Waals surface area contributed by atoms with E-state index in [0.717, 1.165) is 31.6 Å². The van der Waals surface area contributed by atoms with Crippen LogP contribution in [0.1, 0.15) is 24.0 Å². The lowest BCUT2D eigenvalue weighted by atomic mass is 10.1. The minimum absolute atomic E-state index is 0.0153. The molecule has 2 aromatic carbocycles. The summed E-state index contributed by atoms with van der Waals surface area (Å²) in [5, 5.41) is 0.609. The monoisotopic (exact) mass is 409 g/mol. The SMILES string of the molecule is COc1ccc(CN(Cc2coc3ccccc3c2=O)CC2CCCO2)cc1OC. The van der Waals surface area contributed by atoms with E-state index in [1.54, 1.807) is 20.5 Å². The van der Waals surface area contributed by atoms with Gasteiger partial charge >= 0.3 is 0 Å². The molecule has 1 fully saturated rings. The summed E-state index contributed by atoms with van der Waals surface area (Å²) in [6, 6.07) is 13.3. The second-order valence-electron chi connectivity index (χ2n) is 7.58. The lowest BCUT2D eigenvalue weighted by Gasteiger charge is -2.25. The van der Waals surface area contributed by atoms with Gasteiger partial charge in [0.2, 0.25) is 0 Å². The quantitative estimate of drug-likeness (QED) is 0.561. The van der Waals surface area contributed by atoms with Crippen LogP contribution in [0.2, 0.25) is 0 Å². The molecule has 6 heteroatoms. The number of hydrogen-bond acceptors (Lipinski definition) is 6. The first-order chi connectivity index (χ1) is 14.7. The Morgan fingerprint density at radius 1 is 1.07 bits per heavy atom. The first-order valence-corrected chi connectivity index (χ1v) is 10.2. The highest BCUT2D eigenvalue weighted by molar-refractivity contribution is 5.76. The molecule has 4 rings (SSSR count). The summed E-state index contributed by atoms with van der Waals surface area (Å²) >= 11 is 0. The zero-order chi connectivity index (χ0) is 20.9. The van der Waals surface area contributed by atoms with E-state index >= 15 is 0 Å². The van der Waals surface area contributed by atoms with Crippen molar-refractivity contribution in [2.75, 3.05) is 27.4 Å².